The predicted molar refractivity (Wildman–Crippen MR) is 100 cm³/mol. The van der Waals surface area contributed by atoms with Crippen molar-refractivity contribution < 1.29 is 14.3 Å². The Morgan fingerprint density at radius 2 is 2.04 bits per heavy atom. The van der Waals surface area contributed by atoms with Crippen LogP contribution < -0.4 is 14.8 Å². The number of ether oxygens (including phenoxy) is 2. The summed E-state index contributed by atoms with van der Waals surface area (Å²) >= 11 is 0. The number of nitrogens with one attached hydrogen (secondary N) is 1. The number of benzene rings is 1. The normalized spacial score (nSPS) is 14.2. The third-order valence-electron chi connectivity index (χ3n) is 4.41. The van der Waals surface area contributed by atoms with Crippen molar-refractivity contribution in [2.45, 2.75) is 19.9 Å². The molecule has 0 spiro atoms. The Hall–Kier alpha value is -3.35. The molecule has 0 radical (unpaired) electrons. The molecule has 0 bridgehead atoms. The van der Waals surface area contributed by atoms with E-state index in [4.69, 9.17) is 9.47 Å². The number of pyridine rings is 1. The van der Waals surface area contributed by atoms with E-state index < -0.39 is 0 Å². The Morgan fingerprint density at radius 3 is 2.89 bits per heavy atom. The SMILES string of the molecule is CC(C)[C@H](NC(=O)/C=C/c1ccc2c(c1)OCO2)c1nnc2ccccn12. The average Bonchev–Trinajstić information content (AvgIpc) is 3.30. The molecule has 1 atom stereocenters. The minimum atomic E-state index is -0.253. The Labute approximate surface area is 156 Å². The zero-order valence-electron chi connectivity index (χ0n) is 15.1. The fraction of sp³-hybridized carbons (Fsp3) is 0.250. The number of carbonyl (C=O) groups excluding carboxylic acids is 1. The highest BCUT2D eigenvalue weighted by Crippen LogP contribution is 2.32. The highest BCUT2D eigenvalue weighted by molar-refractivity contribution is 5.92. The quantitative estimate of drug-likeness (QED) is 0.704. The molecule has 0 aliphatic carbocycles. The van der Waals surface area contributed by atoms with Gasteiger partial charge >= 0.3 is 0 Å². The van der Waals surface area contributed by atoms with E-state index in [0.717, 1.165) is 17.0 Å². The van der Waals surface area contributed by atoms with Gasteiger partial charge in [-0.1, -0.05) is 26.0 Å². The third kappa shape index (κ3) is 3.48. The van der Waals surface area contributed by atoms with Gasteiger partial charge < -0.3 is 14.8 Å². The largest absolute Gasteiger partial charge is 0.454 e. The maximum absolute atomic E-state index is 12.5. The Morgan fingerprint density at radius 1 is 1.19 bits per heavy atom. The molecule has 1 aliphatic rings. The molecule has 3 heterocycles. The molecule has 0 saturated carbocycles. The molecule has 7 heteroatoms. The molecule has 138 valence electrons. The highest BCUT2D eigenvalue weighted by Gasteiger charge is 2.22. The zero-order valence-corrected chi connectivity index (χ0v) is 15.1. The van der Waals surface area contributed by atoms with Gasteiger partial charge in [-0.15, -0.1) is 10.2 Å². The summed E-state index contributed by atoms with van der Waals surface area (Å²) in [7, 11) is 0. The fourth-order valence-corrected chi connectivity index (χ4v) is 2.99. The summed E-state index contributed by atoms with van der Waals surface area (Å²) in [6.07, 6.45) is 5.15. The number of hydrogen-bond donors (Lipinski definition) is 1. The van der Waals surface area contributed by atoms with Crippen molar-refractivity contribution >= 4 is 17.6 Å². The Balaban J connectivity index is 1.51. The molecular formula is C20H20N4O3. The summed E-state index contributed by atoms with van der Waals surface area (Å²) in [4.78, 5) is 12.5. The second-order valence-electron chi connectivity index (χ2n) is 6.66. The van der Waals surface area contributed by atoms with Crippen LogP contribution in [-0.4, -0.2) is 27.3 Å². The van der Waals surface area contributed by atoms with Crippen LogP contribution >= 0.6 is 0 Å². The van der Waals surface area contributed by atoms with Crippen LogP contribution in [0.2, 0.25) is 0 Å². The maximum Gasteiger partial charge on any atom is 0.244 e. The molecule has 1 aliphatic heterocycles. The highest BCUT2D eigenvalue weighted by atomic mass is 16.7. The van der Waals surface area contributed by atoms with Gasteiger partial charge in [0.1, 0.15) is 0 Å². The van der Waals surface area contributed by atoms with Gasteiger partial charge in [0.05, 0.1) is 6.04 Å². The van der Waals surface area contributed by atoms with Crippen molar-refractivity contribution in [3.8, 4) is 11.5 Å². The van der Waals surface area contributed by atoms with Crippen molar-refractivity contribution in [2.24, 2.45) is 5.92 Å². The minimum Gasteiger partial charge on any atom is -0.454 e. The molecule has 4 rings (SSSR count). The lowest BCUT2D eigenvalue weighted by Gasteiger charge is -2.20. The van der Waals surface area contributed by atoms with Crippen molar-refractivity contribution in [2.75, 3.05) is 6.79 Å². The monoisotopic (exact) mass is 364 g/mol. The maximum atomic E-state index is 12.5. The first kappa shape index (κ1) is 17.1. The lowest BCUT2D eigenvalue weighted by molar-refractivity contribution is -0.117. The van der Waals surface area contributed by atoms with Crippen LogP contribution in [0.5, 0.6) is 11.5 Å². The van der Waals surface area contributed by atoms with Gasteiger partial charge in [-0.25, -0.2) is 0 Å². The van der Waals surface area contributed by atoms with E-state index in [1.807, 2.05) is 60.8 Å². The lowest BCUT2D eigenvalue weighted by Crippen LogP contribution is -2.31. The van der Waals surface area contributed by atoms with E-state index in [-0.39, 0.29) is 24.7 Å². The number of hydrogen-bond acceptors (Lipinski definition) is 5. The molecule has 27 heavy (non-hydrogen) atoms. The van der Waals surface area contributed by atoms with Crippen molar-refractivity contribution in [1.29, 1.82) is 0 Å². The summed E-state index contributed by atoms with van der Waals surface area (Å²) < 4.78 is 12.5. The summed E-state index contributed by atoms with van der Waals surface area (Å²) in [5.41, 5.74) is 1.62. The van der Waals surface area contributed by atoms with Gasteiger partial charge in [0, 0.05) is 12.3 Å². The molecular weight excluding hydrogens is 344 g/mol. The van der Waals surface area contributed by atoms with Crippen molar-refractivity contribution in [3.63, 3.8) is 0 Å². The van der Waals surface area contributed by atoms with E-state index in [2.05, 4.69) is 15.5 Å². The molecule has 1 aromatic carbocycles. The number of amides is 1. The Bertz CT molecular complexity index is 1010. The summed E-state index contributed by atoms with van der Waals surface area (Å²) in [5.74, 6) is 2.08. The number of rotatable bonds is 5. The lowest BCUT2D eigenvalue weighted by atomic mass is 10.0. The summed E-state index contributed by atoms with van der Waals surface area (Å²) in [6, 6.07) is 11.0. The number of fused-ring (bicyclic) bond motifs is 2. The van der Waals surface area contributed by atoms with Gasteiger partial charge in [0.2, 0.25) is 12.7 Å². The van der Waals surface area contributed by atoms with Crippen LogP contribution in [-0.2, 0) is 4.79 Å². The average molecular weight is 364 g/mol. The molecule has 7 nitrogen and oxygen atoms in total. The molecule has 3 aromatic rings. The second-order valence-corrected chi connectivity index (χ2v) is 6.66. The van der Waals surface area contributed by atoms with Crippen LogP contribution in [0.15, 0.2) is 48.7 Å². The number of nitrogens with zero attached hydrogens (tertiary/aromatic N) is 3. The fourth-order valence-electron chi connectivity index (χ4n) is 2.99. The van der Waals surface area contributed by atoms with Crippen LogP contribution in [0.4, 0.5) is 0 Å². The van der Waals surface area contributed by atoms with Gasteiger partial charge in [-0.3, -0.25) is 9.20 Å². The summed E-state index contributed by atoms with van der Waals surface area (Å²) in [5, 5.41) is 11.5. The van der Waals surface area contributed by atoms with Crippen molar-refractivity contribution in [3.05, 3.63) is 60.1 Å². The second kappa shape index (κ2) is 7.11. The minimum absolute atomic E-state index is 0.153. The van der Waals surface area contributed by atoms with Gasteiger partial charge in [0.25, 0.3) is 0 Å². The topological polar surface area (TPSA) is 77.8 Å². The van der Waals surface area contributed by atoms with Crippen LogP contribution in [0.1, 0.15) is 31.3 Å². The number of carbonyl (C=O) groups is 1. The molecule has 0 unspecified atom stereocenters. The van der Waals surface area contributed by atoms with E-state index in [1.54, 1.807) is 6.08 Å². The first-order valence-electron chi connectivity index (χ1n) is 8.80. The molecule has 2 aromatic heterocycles. The van der Waals surface area contributed by atoms with E-state index in [0.29, 0.717) is 11.6 Å². The van der Waals surface area contributed by atoms with Gasteiger partial charge in [-0.2, -0.15) is 0 Å². The van der Waals surface area contributed by atoms with E-state index in [9.17, 15) is 4.79 Å². The molecule has 0 saturated heterocycles. The molecule has 0 fully saturated rings. The number of aromatic nitrogens is 3. The molecule has 1 amide bonds. The third-order valence-corrected chi connectivity index (χ3v) is 4.41. The van der Waals surface area contributed by atoms with Crippen LogP contribution in [0.3, 0.4) is 0 Å². The Kier molecular flexibility index (Phi) is 4.50. The van der Waals surface area contributed by atoms with Crippen molar-refractivity contribution in [1.82, 2.24) is 19.9 Å². The zero-order chi connectivity index (χ0) is 18.8. The van der Waals surface area contributed by atoms with E-state index in [1.165, 1.54) is 6.08 Å². The smallest absolute Gasteiger partial charge is 0.244 e. The van der Waals surface area contributed by atoms with E-state index >= 15 is 0 Å². The van der Waals surface area contributed by atoms with Gasteiger partial charge in [0.15, 0.2) is 23.0 Å². The predicted octanol–water partition coefficient (Wildman–Crippen LogP) is 2.98. The van der Waals surface area contributed by atoms with Crippen LogP contribution in [0, 0.1) is 5.92 Å². The van der Waals surface area contributed by atoms with Crippen LogP contribution in [0.25, 0.3) is 11.7 Å². The summed E-state index contributed by atoms with van der Waals surface area (Å²) in [6.45, 7) is 4.30. The van der Waals surface area contributed by atoms with Gasteiger partial charge in [-0.05, 0) is 41.8 Å². The first-order valence-corrected chi connectivity index (χ1v) is 8.80. The first-order chi connectivity index (χ1) is 13.1. The standard InChI is InChI=1S/C20H20N4O3/c1-13(2)19(20-23-22-17-5-3-4-10-24(17)20)21-18(25)9-7-14-6-8-15-16(11-14)27-12-26-15/h3-11,13,19H,12H2,1-2H3,(H,21,25)/b9-7+/t19-/m0/s1. The molecule has 1 N–H and O–H groups in total.